The molecule has 1 aromatic heterocycles. The summed E-state index contributed by atoms with van der Waals surface area (Å²) in [5.41, 5.74) is 1.20. The van der Waals surface area contributed by atoms with Gasteiger partial charge in [-0.25, -0.2) is 4.79 Å². The van der Waals surface area contributed by atoms with Crippen molar-refractivity contribution in [2.45, 2.75) is 13.8 Å². The second-order valence-electron chi connectivity index (χ2n) is 4.70. The second-order valence-corrected chi connectivity index (χ2v) is 4.70. The highest BCUT2D eigenvalue weighted by Crippen LogP contribution is 2.17. The molecular formula is C17H16O4. The zero-order valence-corrected chi connectivity index (χ0v) is 12.2. The van der Waals surface area contributed by atoms with E-state index in [1.165, 1.54) is 19.3 Å². The van der Waals surface area contributed by atoms with Crippen LogP contribution in [0.3, 0.4) is 0 Å². The van der Waals surface area contributed by atoms with Gasteiger partial charge in [-0.2, -0.15) is 0 Å². The molecule has 0 N–H and O–H groups in total. The summed E-state index contributed by atoms with van der Waals surface area (Å²) in [5.74, 6) is 0.181. The Morgan fingerprint density at radius 2 is 2.00 bits per heavy atom. The van der Waals surface area contributed by atoms with E-state index < -0.39 is 11.4 Å². The third kappa shape index (κ3) is 3.48. The Morgan fingerprint density at radius 1 is 1.24 bits per heavy atom. The lowest BCUT2D eigenvalue weighted by molar-refractivity contribution is 0.104. The first-order valence-electron chi connectivity index (χ1n) is 6.49. The minimum Gasteiger partial charge on any atom is -0.496 e. The number of rotatable bonds is 4. The van der Waals surface area contributed by atoms with Crippen LogP contribution in [0.4, 0.5) is 0 Å². The number of hydrogen-bond donors (Lipinski definition) is 0. The molecule has 1 aromatic carbocycles. The Labute approximate surface area is 122 Å². The summed E-state index contributed by atoms with van der Waals surface area (Å²) < 4.78 is 10.0. The smallest absolute Gasteiger partial charge is 0.351 e. The Balaban J connectivity index is 2.35. The van der Waals surface area contributed by atoms with Gasteiger partial charge in [-0.1, -0.05) is 35.9 Å². The first-order chi connectivity index (χ1) is 10.0. The minimum absolute atomic E-state index is 0.0907. The van der Waals surface area contributed by atoms with Gasteiger partial charge in [-0.05, 0) is 25.5 Å². The van der Waals surface area contributed by atoms with E-state index in [4.69, 9.17) is 9.15 Å². The van der Waals surface area contributed by atoms with Gasteiger partial charge in [0.1, 0.15) is 17.1 Å². The molecule has 108 valence electrons. The molecule has 0 fully saturated rings. The van der Waals surface area contributed by atoms with E-state index >= 15 is 0 Å². The molecule has 0 aliphatic rings. The topological polar surface area (TPSA) is 56.5 Å². The molecule has 1 heterocycles. The summed E-state index contributed by atoms with van der Waals surface area (Å²) in [6, 6.07) is 9.22. The fourth-order valence-corrected chi connectivity index (χ4v) is 2.00. The van der Waals surface area contributed by atoms with Gasteiger partial charge >= 0.3 is 5.63 Å². The van der Waals surface area contributed by atoms with Crippen molar-refractivity contribution in [2.75, 3.05) is 7.11 Å². The van der Waals surface area contributed by atoms with Crippen molar-refractivity contribution in [1.82, 2.24) is 0 Å². The zero-order chi connectivity index (χ0) is 15.4. The van der Waals surface area contributed by atoms with E-state index in [-0.39, 0.29) is 11.3 Å². The lowest BCUT2D eigenvalue weighted by Crippen LogP contribution is -2.14. The third-order valence-electron chi connectivity index (χ3n) is 2.97. The molecular weight excluding hydrogens is 268 g/mol. The highest BCUT2D eigenvalue weighted by molar-refractivity contribution is 6.08. The summed E-state index contributed by atoms with van der Waals surface area (Å²) in [7, 11) is 1.41. The maximum absolute atomic E-state index is 12.2. The predicted octanol–water partition coefficient (Wildman–Crippen LogP) is 3.16. The molecule has 0 saturated carbocycles. The van der Waals surface area contributed by atoms with Crippen LogP contribution in [0.1, 0.15) is 27.2 Å². The van der Waals surface area contributed by atoms with Crippen molar-refractivity contribution in [3.8, 4) is 5.75 Å². The van der Waals surface area contributed by atoms with Crippen molar-refractivity contribution < 1.29 is 13.9 Å². The number of carbonyl (C=O) groups excluding carboxylic acids is 1. The number of ketones is 1. The van der Waals surface area contributed by atoms with Crippen LogP contribution in [0.2, 0.25) is 0 Å². The van der Waals surface area contributed by atoms with Crippen molar-refractivity contribution >= 4 is 11.9 Å². The fraction of sp³-hybridized carbons (Fsp3) is 0.176. The number of benzene rings is 1. The first-order valence-corrected chi connectivity index (χ1v) is 6.49. The Bertz CT molecular complexity index is 754. The number of carbonyl (C=O) groups is 1. The average molecular weight is 284 g/mol. The molecule has 0 saturated heterocycles. The molecule has 0 spiro atoms. The Hall–Kier alpha value is -2.62. The molecule has 0 bridgehead atoms. The number of aryl methyl sites for hydroxylation is 2. The van der Waals surface area contributed by atoms with Crippen LogP contribution in [0, 0.1) is 13.8 Å². The highest BCUT2D eigenvalue weighted by Gasteiger charge is 2.17. The van der Waals surface area contributed by atoms with E-state index in [0.717, 1.165) is 11.1 Å². The van der Waals surface area contributed by atoms with Gasteiger partial charge in [-0.15, -0.1) is 0 Å². The van der Waals surface area contributed by atoms with Crippen LogP contribution in [-0.2, 0) is 0 Å². The van der Waals surface area contributed by atoms with Crippen molar-refractivity contribution in [2.24, 2.45) is 0 Å². The van der Waals surface area contributed by atoms with E-state index in [0.29, 0.717) is 5.76 Å². The summed E-state index contributed by atoms with van der Waals surface area (Å²) >= 11 is 0. The van der Waals surface area contributed by atoms with Crippen LogP contribution in [0.25, 0.3) is 6.08 Å². The number of allylic oxidation sites excluding steroid dienone is 1. The number of methoxy groups -OCH3 is 1. The van der Waals surface area contributed by atoms with Gasteiger partial charge in [0.05, 0.1) is 7.11 Å². The molecule has 0 radical (unpaired) electrons. The maximum atomic E-state index is 12.2. The van der Waals surface area contributed by atoms with Gasteiger partial charge in [-0.3, -0.25) is 4.79 Å². The van der Waals surface area contributed by atoms with Crippen molar-refractivity contribution in [3.63, 3.8) is 0 Å². The summed E-state index contributed by atoms with van der Waals surface area (Å²) in [6.45, 7) is 3.59. The van der Waals surface area contributed by atoms with Crippen LogP contribution in [0.5, 0.6) is 5.75 Å². The molecule has 0 atom stereocenters. The summed E-state index contributed by atoms with van der Waals surface area (Å²) in [6.07, 6.45) is 3.01. The first kappa shape index (κ1) is 14.8. The fourth-order valence-electron chi connectivity index (χ4n) is 2.00. The molecule has 4 nitrogen and oxygen atoms in total. The highest BCUT2D eigenvalue weighted by atomic mass is 16.5. The standard InChI is InChI=1S/C17H16O4/c1-11-5-4-6-13(9-11)7-8-14(18)16-15(20-3)10-12(2)21-17(16)19/h4-10H,1-3H3. The van der Waals surface area contributed by atoms with E-state index in [1.54, 1.807) is 13.0 Å². The SMILES string of the molecule is COc1cc(C)oc(=O)c1C(=O)C=Cc1cccc(C)c1. The van der Waals surface area contributed by atoms with Crippen LogP contribution < -0.4 is 10.4 Å². The number of ether oxygens (including phenoxy) is 1. The van der Waals surface area contributed by atoms with Crippen LogP contribution in [-0.4, -0.2) is 12.9 Å². The largest absolute Gasteiger partial charge is 0.496 e. The van der Waals surface area contributed by atoms with Crippen molar-refractivity contribution in [1.29, 1.82) is 0 Å². The molecule has 21 heavy (non-hydrogen) atoms. The van der Waals surface area contributed by atoms with E-state index in [9.17, 15) is 9.59 Å². The quantitative estimate of drug-likeness (QED) is 0.639. The molecule has 4 heteroatoms. The molecule has 2 rings (SSSR count). The molecule has 0 unspecified atom stereocenters. The van der Waals surface area contributed by atoms with Crippen LogP contribution in [0.15, 0.2) is 45.6 Å². The van der Waals surface area contributed by atoms with Gasteiger partial charge < -0.3 is 9.15 Å². The molecule has 0 aliphatic heterocycles. The third-order valence-corrected chi connectivity index (χ3v) is 2.97. The van der Waals surface area contributed by atoms with E-state index in [1.807, 2.05) is 31.2 Å². The zero-order valence-electron chi connectivity index (χ0n) is 12.2. The maximum Gasteiger partial charge on any atom is 0.351 e. The normalized spacial score (nSPS) is 10.8. The average Bonchev–Trinajstić information content (AvgIpc) is 2.44. The Kier molecular flexibility index (Phi) is 4.38. The lowest BCUT2D eigenvalue weighted by Gasteiger charge is -2.04. The van der Waals surface area contributed by atoms with Gasteiger partial charge in [0.15, 0.2) is 5.78 Å². The van der Waals surface area contributed by atoms with Gasteiger partial charge in [0.25, 0.3) is 0 Å². The lowest BCUT2D eigenvalue weighted by atomic mass is 10.1. The predicted molar refractivity (Wildman–Crippen MR) is 80.8 cm³/mol. The number of hydrogen-bond acceptors (Lipinski definition) is 4. The van der Waals surface area contributed by atoms with E-state index in [2.05, 4.69) is 0 Å². The summed E-state index contributed by atoms with van der Waals surface area (Å²) in [4.78, 5) is 24.0. The molecule has 0 aliphatic carbocycles. The van der Waals surface area contributed by atoms with Gasteiger partial charge in [0, 0.05) is 6.07 Å². The van der Waals surface area contributed by atoms with Crippen LogP contribution >= 0.6 is 0 Å². The molecule has 2 aromatic rings. The van der Waals surface area contributed by atoms with Crippen molar-refractivity contribution in [3.05, 3.63) is 69.3 Å². The second kappa shape index (κ2) is 6.22. The summed E-state index contributed by atoms with van der Waals surface area (Å²) in [5, 5.41) is 0. The van der Waals surface area contributed by atoms with Gasteiger partial charge in [0.2, 0.25) is 0 Å². The minimum atomic E-state index is -0.689. The monoisotopic (exact) mass is 284 g/mol. The molecule has 0 amide bonds. The Morgan fingerprint density at radius 3 is 2.67 bits per heavy atom.